The van der Waals surface area contributed by atoms with Crippen LogP contribution in [-0.2, 0) is 16.6 Å². The molecule has 18 heavy (non-hydrogen) atoms. The molecule has 2 rings (SSSR count). The van der Waals surface area contributed by atoms with Gasteiger partial charge < -0.3 is 9.73 Å². The summed E-state index contributed by atoms with van der Waals surface area (Å²) in [5.74, 6) is 1.52. The van der Waals surface area contributed by atoms with Crippen LogP contribution < -0.4 is 10.0 Å². The molecule has 0 spiro atoms. The van der Waals surface area contributed by atoms with Crippen molar-refractivity contribution in [1.29, 1.82) is 0 Å². The molecule has 0 unspecified atom stereocenters. The van der Waals surface area contributed by atoms with E-state index in [9.17, 15) is 8.42 Å². The average molecular weight is 273 g/mol. The summed E-state index contributed by atoms with van der Waals surface area (Å²) in [6.45, 7) is 3.71. The molecule has 0 radical (unpaired) electrons. The fraction of sp³-hybridized carbons (Fsp3) is 0.727. The van der Waals surface area contributed by atoms with Crippen molar-refractivity contribution in [2.24, 2.45) is 5.92 Å². The minimum atomic E-state index is -3.25. The number of rotatable bonds is 5. The lowest BCUT2D eigenvalue weighted by atomic mass is 10.0. The van der Waals surface area contributed by atoms with Crippen molar-refractivity contribution < 1.29 is 12.8 Å². The second-order valence-electron chi connectivity index (χ2n) is 4.66. The highest BCUT2D eigenvalue weighted by Gasteiger charge is 2.21. The summed E-state index contributed by atoms with van der Waals surface area (Å²) < 4.78 is 31.5. The van der Waals surface area contributed by atoms with E-state index in [-0.39, 0.29) is 18.2 Å². The molecule has 7 heteroatoms. The van der Waals surface area contributed by atoms with Crippen LogP contribution in [0.1, 0.15) is 24.5 Å². The number of piperidine rings is 1. The van der Waals surface area contributed by atoms with Crippen LogP contribution in [0.4, 0.5) is 0 Å². The highest BCUT2D eigenvalue weighted by Crippen LogP contribution is 2.13. The highest BCUT2D eigenvalue weighted by atomic mass is 32.2. The Hall–Kier alpha value is -0.920. The van der Waals surface area contributed by atoms with Gasteiger partial charge in [-0.05, 0) is 38.8 Å². The third-order valence-corrected chi connectivity index (χ3v) is 4.52. The van der Waals surface area contributed by atoms with Crippen molar-refractivity contribution in [3.05, 3.63) is 17.8 Å². The maximum atomic E-state index is 11.9. The topological polar surface area (TPSA) is 84.2 Å². The quantitative estimate of drug-likeness (QED) is 0.811. The number of aryl methyl sites for hydroxylation is 1. The van der Waals surface area contributed by atoms with Crippen LogP contribution >= 0.6 is 0 Å². The van der Waals surface area contributed by atoms with Crippen LogP contribution in [0.5, 0.6) is 0 Å². The van der Waals surface area contributed by atoms with Gasteiger partial charge in [-0.15, -0.1) is 0 Å². The molecule has 1 aromatic rings. The van der Waals surface area contributed by atoms with Crippen LogP contribution in [0.15, 0.2) is 10.6 Å². The van der Waals surface area contributed by atoms with E-state index in [2.05, 4.69) is 15.0 Å². The molecule has 0 bridgehead atoms. The third-order valence-electron chi connectivity index (χ3n) is 3.03. The second-order valence-corrected chi connectivity index (χ2v) is 6.51. The Balaban J connectivity index is 1.83. The molecule has 6 nitrogen and oxygen atoms in total. The summed E-state index contributed by atoms with van der Waals surface area (Å²) in [4.78, 5) is 3.96. The summed E-state index contributed by atoms with van der Waals surface area (Å²) >= 11 is 0. The zero-order chi connectivity index (χ0) is 13.0. The summed E-state index contributed by atoms with van der Waals surface area (Å²) in [6, 6.07) is 0. The molecule has 1 aliphatic rings. The van der Waals surface area contributed by atoms with E-state index in [0.29, 0.717) is 11.7 Å². The maximum absolute atomic E-state index is 11.9. The molecular formula is C11H19N3O3S. The Morgan fingerprint density at radius 2 is 2.22 bits per heavy atom. The Bertz CT molecular complexity index is 477. The first-order valence-corrected chi connectivity index (χ1v) is 7.80. The van der Waals surface area contributed by atoms with E-state index < -0.39 is 10.0 Å². The Labute approximate surface area is 107 Å². The van der Waals surface area contributed by atoms with Gasteiger partial charge in [0, 0.05) is 0 Å². The lowest BCUT2D eigenvalue weighted by Gasteiger charge is -2.22. The largest absolute Gasteiger partial charge is 0.445 e. The van der Waals surface area contributed by atoms with E-state index in [1.807, 2.05) is 0 Å². The molecular weight excluding hydrogens is 254 g/mol. The molecule has 0 atom stereocenters. The zero-order valence-corrected chi connectivity index (χ0v) is 11.3. The molecule has 0 aromatic carbocycles. The Kier molecular flexibility index (Phi) is 4.36. The summed E-state index contributed by atoms with van der Waals surface area (Å²) in [6.07, 6.45) is 3.41. The predicted molar refractivity (Wildman–Crippen MR) is 67.5 cm³/mol. The van der Waals surface area contributed by atoms with Crippen LogP contribution in [-0.4, -0.2) is 32.2 Å². The summed E-state index contributed by atoms with van der Waals surface area (Å²) in [7, 11) is -3.25. The monoisotopic (exact) mass is 273 g/mol. The van der Waals surface area contributed by atoms with Gasteiger partial charge in [-0.1, -0.05) is 0 Å². The highest BCUT2D eigenvalue weighted by molar-refractivity contribution is 7.89. The van der Waals surface area contributed by atoms with Crippen LogP contribution in [0, 0.1) is 12.8 Å². The van der Waals surface area contributed by atoms with Gasteiger partial charge in [0.15, 0.2) is 0 Å². The molecule has 1 fully saturated rings. The SMILES string of the molecule is Cc1cnc(CNS(=O)(=O)CC2CCNCC2)o1. The first-order valence-electron chi connectivity index (χ1n) is 6.14. The molecule has 1 aromatic heterocycles. The predicted octanol–water partition coefficient (Wildman–Crippen LogP) is 0.402. The lowest BCUT2D eigenvalue weighted by Crippen LogP contribution is -2.35. The molecule has 1 aliphatic heterocycles. The summed E-state index contributed by atoms with van der Waals surface area (Å²) in [5, 5.41) is 3.22. The van der Waals surface area contributed by atoms with Crippen molar-refractivity contribution in [2.45, 2.75) is 26.3 Å². The molecule has 0 saturated carbocycles. The van der Waals surface area contributed by atoms with Crippen molar-refractivity contribution in [3.63, 3.8) is 0 Å². The lowest BCUT2D eigenvalue weighted by molar-refractivity contribution is 0.399. The second kappa shape index (κ2) is 5.81. The Morgan fingerprint density at radius 3 is 2.83 bits per heavy atom. The maximum Gasteiger partial charge on any atom is 0.212 e. The van der Waals surface area contributed by atoms with E-state index >= 15 is 0 Å². The molecule has 0 aliphatic carbocycles. The fourth-order valence-corrected chi connectivity index (χ4v) is 3.49. The van der Waals surface area contributed by atoms with Gasteiger partial charge >= 0.3 is 0 Å². The number of nitrogens with zero attached hydrogens (tertiary/aromatic N) is 1. The first-order chi connectivity index (χ1) is 8.55. The van der Waals surface area contributed by atoms with Crippen molar-refractivity contribution in [2.75, 3.05) is 18.8 Å². The fourth-order valence-electron chi connectivity index (χ4n) is 2.07. The smallest absolute Gasteiger partial charge is 0.212 e. The van der Waals surface area contributed by atoms with Gasteiger partial charge in [-0.2, -0.15) is 0 Å². The molecule has 102 valence electrons. The number of oxazole rings is 1. The first kappa shape index (κ1) is 13.5. The van der Waals surface area contributed by atoms with Gasteiger partial charge in [-0.3, -0.25) is 0 Å². The number of nitrogens with one attached hydrogen (secondary N) is 2. The van der Waals surface area contributed by atoms with Gasteiger partial charge in [0.05, 0.1) is 18.5 Å². The van der Waals surface area contributed by atoms with E-state index in [4.69, 9.17) is 4.42 Å². The van der Waals surface area contributed by atoms with Gasteiger partial charge in [0.25, 0.3) is 0 Å². The van der Waals surface area contributed by atoms with Gasteiger partial charge in [0.2, 0.25) is 15.9 Å². The number of aromatic nitrogens is 1. The molecule has 2 heterocycles. The zero-order valence-electron chi connectivity index (χ0n) is 10.5. The normalized spacial score (nSPS) is 18.1. The minimum Gasteiger partial charge on any atom is -0.445 e. The van der Waals surface area contributed by atoms with Crippen LogP contribution in [0.2, 0.25) is 0 Å². The van der Waals surface area contributed by atoms with Crippen molar-refractivity contribution >= 4 is 10.0 Å². The van der Waals surface area contributed by atoms with Crippen LogP contribution in [0.25, 0.3) is 0 Å². The van der Waals surface area contributed by atoms with E-state index in [1.165, 1.54) is 0 Å². The summed E-state index contributed by atoms with van der Waals surface area (Å²) in [5.41, 5.74) is 0. The molecule has 2 N–H and O–H groups in total. The number of hydrogen-bond donors (Lipinski definition) is 2. The minimum absolute atomic E-state index is 0.126. The van der Waals surface area contributed by atoms with Crippen molar-refractivity contribution in [1.82, 2.24) is 15.0 Å². The molecule has 0 amide bonds. The van der Waals surface area contributed by atoms with Crippen LogP contribution in [0.3, 0.4) is 0 Å². The van der Waals surface area contributed by atoms with E-state index in [0.717, 1.165) is 25.9 Å². The number of hydrogen-bond acceptors (Lipinski definition) is 5. The van der Waals surface area contributed by atoms with Gasteiger partial charge in [0.1, 0.15) is 5.76 Å². The molecule has 1 saturated heterocycles. The number of sulfonamides is 1. The van der Waals surface area contributed by atoms with Crippen molar-refractivity contribution in [3.8, 4) is 0 Å². The standard InChI is InChI=1S/C11H19N3O3S/c1-9-6-13-11(17-9)7-14-18(15,16)8-10-2-4-12-5-3-10/h6,10,12,14H,2-5,7-8H2,1H3. The van der Waals surface area contributed by atoms with Gasteiger partial charge in [-0.25, -0.2) is 18.1 Å². The Morgan fingerprint density at radius 1 is 1.50 bits per heavy atom. The van der Waals surface area contributed by atoms with E-state index in [1.54, 1.807) is 13.1 Å². The third kappa shape index (κ3) is 4.08. The average Bonchev–Trinajstić information content (AvgIpc) is 2.74.